The second kappa shape index (κ2) is 5.73. The molecule has 0 saturated carbocycles. The second-order valence-electron chi connectivity index (χ2n) is 5.22. The van der Waals surface area contributed by atoms with Gasteiger partial charge in [0.15, 0.2) is 0 Å². The number of hydrogen-bond acceptors (Lipinski definition) is 3. The van der Waals surface area contributed by atoms with Gasteiger partial charge in [0.05, 0.1) is 5.92 Å². The van der Waals surface area contributed by atoms with E-state index in [1.54, 1.807) is 37.3 Å². The predicted molar refractivity (Wildman–Crippen MR) is 80.9 cm³/mol. The van der Waals surface area contributed by atoms with Crippen molar-refractivity contribution in [1.82, 2.24) is 0 Å². The average Bonchev–Trinajstić information content (AvgIpc) is 2.52. The van der Waals surface area contributed by atoms with Crippen LogP contribution in [0.2, 0.25) is 0 Å². The number of carbonyl (C=O) groups excluding carboxylic acids is 1. The molecular formula is C18H15FO3. The minimum atomic E-state index is -0.908. The smallest absolute Gasteiger partial charge is 0.137 e. The fraction of sp³-hybridized carbons (Fsp3) is 0.167. The van der Waals surface area contributed by atoms with Crippen molar-refractivity contribution in [3.05, 3.63) is 71.2 Å². The summed E-state index contributed by atoms with van der Waals surface area (Å²) >= 11 is 0. The maximum Gasteiger partial charge on any atom is 0.137 e. The third-order valence-electron chi connectivity index (χ3n) is 3.70. The van der Waals surface area contributed by atoms with Crippen LogP contribution in [0, 0.1) is 5.82 Å². The van der Waals surface area contributed by atoms with E-state index in [9.17, 15) is 14.3 Å². The Balaban J connectivity index is 2.24. The molecule has 2 aromatic rings. The van der Waals surface area contributed by atoms with Gasteiger partial charge < -0.3 is 14.6 Å². The van der Waals surface area contributed by atoms with Crippen LogP contribution in [0.25, 0.3) is 5.57 Å². The Bertz CT molecular complexity index is 750. The molecule has 1 heterocycles. The topological polar surface area (TPSA) is 46.5 Å². The minimum absolute atomic E-state index is 0.279. The summed E-state index contributed by atoms with van der Waals surface area (Å²) in [5.74, 6) is -0.188. The molecule has 0 amide bonds. The number of rotatable bonds is 3. The van der Waals surface area contributed by atoms with Gasteiger partial charge in [0.2, 0.25) is 0 Å². The van der Waals surface area contributed by atoms with Gasteiger partial charge in [0.25, 0.3) is 0 Å². The van der Waals surface area contributed by atoms with Crippen LogP contribution in [-0.4, -0.2) is 17.5 Å². The number of benzene rings is 2. The molecule has 0 fully saturated rings. The number of carbonyl (C=O) groups is 1. The maximum absolute atomic E-state index is 13.6. The van der Waals surface area contributed by atoms with E-state index in [-0.39, 0.29) is 5.76 Å². The van der Waals surface area contributed by atoms with Gasteiger partial charge in [0.1, 0.15) is 29.7 Å². The molecule has 2 atom stereocenters. The third-order valence-corrected chi connectivity index (χ3v) is 3.70. The number of para-hydroxylation sites is 1. The summed E-state index contributed by atoms with van der Waals surface area (Å²) in [7, 11) is 0. The lowest BCUT2D eigenvalue weighted by molar-refractivity contribution is -0.108. The summed E-state index contributed by atoms with van der Waals surface area (Å²) in [5.41, 5.74) is 1.74. The number of aldehydes is 1. The highest BCUT2D eigenvalue weighted by Gasteiger charge is 2.32. The van der Waals surface area contributed by atoms with E-state index in [4.69, 9.17) is 4.74 Å². The maximum atomic E-state index is 13.6. The molecule has 0 spiro atoms. The second-order valence-corrected chi connectivity index (χ2v) is 5.22. The summed E-state index contributed by atoms with van der Waals surface area (Å²) in [5, 5.41) is 10.0. The van der Waals surface area contributed by atoms with Gasteiger partial charge in [-0.1, -0.05) is 30.3 Å². The minimum Gasteiger partial charge on any atom is -0.458 e. The normalized spacial score (nSPS) is 18.4. The van der Waals surface area contributed by atoms with Crippen molar-refractivity contribution >= 4 is 11.9 Å². The van der Waals surface area contributed by atoms with Crippen molar-refractivity contribution in [2.45, 2.75) is 18.9 Å². The molecule has 112 valence electrons. The standard InChI is InChI=1S/C18H15FO3/c1-11(21)18-17(12-5-4-6-13(19)9-12)15(10-20)14-7-2-3-8-16(14)22-18/h2-11,15,21H,1H3. The first kappa shape index (κ1) is 14.5. The molecule has 0 bridgehead atoms. The Kier molecular flexibility index (Phi) is 3.77. The highest BCUT2D eigenvalue weighted by atomic mass is 19.1. The number of aliphatic hydroxyl groups is 1. The summed E-state index contributed by atoms with van der Waals surface area (Å²) < 4.78 is 19.3. The Morgan fingerprint density at radius 1 is 1.23 bits per heavy atom. The largest absolute Gasteiger partial charge is 0.458 e. The van der Waals surface area contributed by atoms with Crippen molar-refractivity contribution in [2.24, 2.45) is 0 Å². The molecule has 1 aliphatic rings. The molecule has 3 nitrogen and oxygen atoms in total. The lowest BCUT2D eigenvalue weighted by Crippen LogP contribution is -2.22. The average molecular weight is 298 g/mol. The van der Waals surface area contributed by atoms with Crippen molar-refractivity contribution in [2.75, 3.05) is 0 Å². The molecule has 2 aromatic carbocycles. The Labute approximate surface area is 127 Å². The molecule has 2 unspecified atom stereocenters. The van der Waals surface area contributed by atoms with Gasteiger partial charge in [-0.15, -0.1) is 0 Å². The van der Waals surface area contributed by atoms with E-state index >= 15 is 0 Å². The first-order valence-corrected chi connectivity index (χ1v) is 7.02. The monoisotopic (exact) mass is 298 g/mol. The van der Waals surface area contributed by atoms with E-state index < -0.39 is 17.8 Å². The van der Waals surface area contributed by atoms with Crippen LogP contribution in [0.4, 0.5) is 4.39 Å². The first-order chi connectivity index (χ1) is 10.6. The SMILES string of the molecule is CC(O)C1=C(c2cccc(F)c2)C(C=O)c2ccccc2O1. The molecule has 0 radical (unpaired) electrons. The van der Waals surface area contributed by atoms with Crippen molar-refractivity contribution in [1.29, 1.82) is 0 Å². The molecule has 22 heavy (non-hydrogen) atoms. The highest BCUT2D eigenvalue weighted by Crippen LogP contribution is 2.43. The molecular weight excluding hydrogens is 283 g/mol. The first-order valence-electron chi connectivity index (χ1n) is 7.02. The summed E-state index contributed by atoms with van der Waals surface area (Å²) in [4.78, 5) is 11.7. The third kappa shape index (κ3) is 2.42. The fourth-order valence-corrected chi connectivity index (χ4v) is 2.74. The van der Waals surface area contributed by atoms with Crippen LogP contribution in [0.15, 0.2) is 54.3 Å². The summed E-state index contributed by atoms with van der Waals surface area (Å²) in [6.45, 7) is 1.56. The summed E-state index contributed by atoms with van der Waals surface area (Å²) in [6.07, 6.45) is -0.113. The van der Waals surface area contributed by atoms with E-state index in [2.05, 4.69) is 0 Å². The van der Waals surface area contributed by atoms with Crippen molar-refractivity contribution < 1.29 is 19.0 Å². The molecule has 1 N–H and O–H groups in total. The number of hydrogen-bond donors (Lipinski definition) is 1. The van der Waals surface area contributed by atoms with Gasteiger partial charge in [-0.25, -0.2) is 4.39 Å². The number of fused-ring (bicyclic) bond motifs is 1. The van der Waals surface area contributed by atoms with E-state index in [1.165, 1.54) is 12.1 Å². The molecule has 4 heteroatoms. The summed E-state index contributed by atoms with van der Waals surface area (Å²) in [6, 6.07) is 13.1. The fourth-order valence-electron chi connectivity index (χ4n) is 2.74. The van der Waals surface area contributed by atoms with Crippen molar-refractivity contribution in [3.63, 3.8) is 0 Å². The highest BCUT2D eigenvalue weighted by molar-refractivity contribution is 5.90. The molecule has 3 rings (SSSR count). The molecule has 1 aliphatic heterocycles. The van der Waals surface area contributed by atoms with Crippen LogP contribution >= 0.6 is 0 Å². The van der Waals surface area contributed by atoms with Gasteiger partial charge in [-0.05, 0) is 30.7 Å². The van der Waals surface area contributed by atoms with Crippen molar-refractivity contribution in [3.8, 4) is 5.75 Å². The number of halogens is 1. The molecule has 0 aliphatic carbocycles. The van der Waals surface area contributed by atoms with Crippen LogP contribution in [-0.2, 0) is 4.79 Å². The number of ether oxygens (including phenoxy) is 1. The van der Waals surface area contributed by atoms with Gasteiger partial charge >= 0.3 is 0 Å². The molecule has 0 saturated heterocycles. The van der Waals surface area contributed by atoms with E-state index in [1.807, 2.05) is 6.07 Å². The van der Waals surface area contributed by atoms with Gasteiger partial charge in [-0.3, -0.25) is 0 Å². The van der Waals surface area contributed by atoms with Gasteiger partial charge in [0, 0.05) is 11.1 Å². The van der Waals surface area contributed by atoms with Crippen LogP contribution in [0.5, 0.6) is 5.75 Å². The zero-order valence-electron chi connectivity index (χ0n) is 12.0. The lowest BCUT2D eigenvalue weighted by atomic mass is 9.84. The number of aliphatic hydroxyl groups excluding tert-OH is 1. The Morgan fingerprint density at radius 2 is 2.00 bits per heavy atom. The zero-order chi connectivity index (χ0) is 15.7. The quantitative estimate of drug-likeness (QED) is 0.884. The van der Waals surface area contributed by atoms with E-state index in [0.29, 0.717) is 22.4 Å². The Hall–Kier alpha value is -2.46. The Morgan fingerprint density at radius 3 is 2.68 bits per heavy atom. The lowest BCUT2D eigenvalue weighted by Gasteiger charge is -2.29. The van der Waals surface area contributed by atoms with Crippen LogP contribution in [0.3, 0.4) is 0 Å². The molecule has 0 aromatic heterocycles. The predicted octanol–water partition coefficient (Wildman–Crippen LogP) is 3.29. The van der Waals surface area contributed by atoms with E-state index in [0.717, 1.165) is 6.29 Å². The van der Waals surface area contributed by atoms with Crippen LogP contribution < -0.4 is 4.74 Å². The zero-order valence-corrected chi connectivity index (χ0v) is 12.0. The number of allylic oxidation sites excluding steroid dienone is 1. The van der Waals surface area contributed by atoms with Crippen LogP contribution in [0.1, 0.15) is 24.0 Å². The van der Waals surface area contributed by atoms with Gasteiger partial charge in [-0.2, -0.15) is 0 Å².